The number of hydrogen-bond donors (Lipinski definition) is 4. The lowest BCUT2D eigenvalue weighted by Crippen LogP contribution is -2.33. The van der Waals surface area contributed by atoms with Gasteiger partial charge in [0.25, 0.3) is 0 Å². The highest BCUT2D eigenvalue weighted by Gasteiger charge is 2.34. The van der Waals surface area contributed by atoms with E-state index in [0.29, 0.717) is 42.7 Å². The summed E-state index contributed by atoms with van der Waals surface area (Å²) in [5.41, 5.74) is 2.50. The molecule has 34 heavy (non-hydrogen) atoms. The van der Waals surface area contributed by atoms with Crippen LogP contribution in [0.15, 0.2) is 12.1 Å². The van der Waals surface area contributed by atoms with E-state index in [-0.39, 0.29) is 35.3 Å². The Bertz CT molecular complexity index is 1100. The first-order valence-corrected chi connectivity index (χ1v) is 11.5. The summed E-state index contributed by atoms with van der Waals surface area (Å²) < 4.78 is 10.8. The standard InChI is InChI=1S/C24H30N4O6/c1-12(2)25-24(32)34-15-5-4-13(6-15)19-9-22(28-27-19)26-23(31)14-7-16-17(8-14)21(33-3)10-20(30)18(16)11-29/h9-15,30H,4-8H2,1-3H3,(H,25,32)(H2,26,27,28,31)/t13?,14?,15-/m1/s1. The van der Waals surface area contributed by atoms with Gasteiger partial charge in [-0.15, -0.1) is 0 Å². The van der Waals surface area contributed by atoms with E-state index < -0.39 is 12.0 Å². The average Bonchev–Trinajstić information content (AvgIpc) is 3.52. The zero-order valence-electron chi connectivity index (χ0n) is 19.5. The second kappa shape index (κ2) is 9.74. The zero-order chi connectivity index (χ0) is 24.4. The first-order chi connectivity index (χ1) is 16.3. The number of carbonyl (C=O) groups is 3. The number of nitrogens with one attached hydrogen (secondary N) is 3. The number of phenolic OH excluding ortho intramolecular Hbond substituents is 1. The highest BCUT2D eigenvalue weighted by molar-refractivity contribution is 5.94. The Morgan fingerprint density at radius 3 is 2.71 bits per heavy atom. The number of aromatic nitrogens is 2. The Kier molecular flexibility index (Phi) is 6.76. The summed E-state index contributed by atoms with van der Waals surface area (Å²) in [5, 5.41) is 22.9. The van der Waals surface area contributed by atoms with Crippen LogP contribution in [-0.2, 0) is 22.4 Å². The van der Waals surface area contributed by atoms with Crippen molar-refractivity contribution in [2.24, 2.45) is 5.92 Å². The Hall–Kier alpha value is -3.56. The van der Waals surface area contributed by atoms with Crippen molar-refractivity contribution in [2.45, 2.75) is 64.0 Å². The number of alkyl carbamates (subject to hydrolysis) is 1. The predicted octanol–water partition coefficient (Wildman–Crippen LogP) is 3.06. The minimum atomic E-state index is -0.409. The number of ether oxygens (including phenoxy) is 2. The molecule has 1 aromatic carbocycles. The van der Waals surface area contributed by atoms with Crippen LogP contribution in [0.3, 0.4) is 0 Å². The molecular formula is C24H30N4O6. The lowest BCUT2D eigenvalue weighted by molar-refractivity contribution is -0.119. The number of H-pyrrole nitrogens is 1. The number of amides is 2. The van der Waals surface area contributed by atoms with Gasteiger partial charge in [-0.05, 0) is 57.1 Å². The van der Waals surface area contributed by atoms with Crippen LogP contribution in [0.1, 0.15) is 66.2 Å². The first kappa shape index (κ1) is 23.6. The Labute approximate surface area is 197 Å². The van der Waals surface area contributed by atoms with E-state index in [4.69, 9.17) is 9.47 Å². The molecule has 4 rings (SSSR count). The van der Waals surface area contributed by atoms with Gasteiger partial charge in [0.15, 0.2) is 12.1 Å². The summed E-state index contributed by atoms with van der Waals surface area (Å²) in [4.78, 5) is 36.2. The van der Waals surface area contributed by atoms with Crippen molar-refractivity contribution in [3.63, 3.8) is 0 Å². The summed E-state index contributed by atoms with van der Waals surface area (Å²) in [6.45, 7) is 3.76. The Morgan fingerprint density at radius 2 is 2.00 bits per heavy atom. The topological polar surface area (TPSA) is 143 Å². The third-order valence-corrected chi connectivity index (χ3v) is 6.49. The van der Waals surface area contributed by atoms with Gasteiger partial charge in [-0.2, -0.15) is 5.10 Å². The van der Waals surface area contributed by atoms with Crippen LogP contribution in [0, 0.1) is 5.92 Å². The molecule has 0 saturated heterocycles. The van der Waals surface area contributed by atoms with E-state index in [1.807, 2.05) is 19.9 Å². The van der Waals surface area contributed by atoms with Crippen LogP contribution >= 0.6 is 0 Å². The van der Waals surface area contributed by atoms with Crippen LogP contribution in [0.5, 0.6) is 11.5 Å². The molecule has 1 fully saturated rings. The summed E-state index contributed by atoms with van der Waals surface area (Å²) in [5.74, 6) is 0.273. The predicted molar refractivity (Wildman–Crippen MR) is 123 cm³/mol. The number of hydrogen-bond acceptors (Lipinski definition) is 7. The van der Waals surface area contributed by atoms with Gasteiger partial charge in [-0.3, -0.25) is 14.7 Å². The second-order valence-electron chi connectivity index (χ2n) is 9.23. The zero-order valence-corrected chi connectivity index (χ0v) is 19.5. The number of carbonyl (C=O) groups excluding carboxylic acids is 3. The largest absolute Gasteiger partial charge is 0.507 e. The van der Waals surface area contributed by atoms with Crippen molar-refractivity contribution >= 4 is 24.1 Å². The van der Waals surface area contributed by atoms with Crippen LogP contribution in [-0.4, -0.2) is 52.8 Å². The van der Waals surface area contributed by atoms with Gasteiger partial charge in [0.1, 0.15) is 17.6 Å². The van der Waals surface area contributed by atoms with Gasteiger partial charge in [0.2, 0.25) is 5.91 Å². The number of fused-ring (bicyclic) bond motifs is 1. The van der Waals surface area contributed by atoms with Crippen molar-refractivity contribution in [2.75, 3.05) is 12.4 Å². The monoisotopic (exact) mass is 470 g/mol. The normalized spacial score (nSPS) is 21.2. The Morgan fingerprint density at radius 1 is 1.24 bits per heavy atom. The van der Waals surface area contributed by atoms with E-state index in [9.17, 15) is 19.5 Å². The molecule has 0 bridgehead atoms. The third-order valence-electron chi connectivity index (χ3n) is 6.49. The van der Waals surface area contributed by atoms with Gasteiger partial charge < -0.3 is 25.2 Å². The first-order valence-electron chi connectivity index (χ1n) is 11.5. The number of aldehydes is 1. The molecule has 2 aliphatic rings. The molecule has 182 valence electrons. The maximum atomic E-state index is 12.9. The molecule has 3 atom stereocenters. The molecule has 0 radical (unpaired) electrons. The van der Waals surface area contributed by atoms with Gasteiger partial charge in [-0.1, -0.05) is 0 Å². The summed E-state index contributed by atoms with van der Waals surface area (Å²) in [6, 6.07) is 3.24. The average molecular weight is 471 g/mol. The second-order valence-corrected chi connectivity index (χ2v) is 9.23. The lowest BCUT2D eigenvalue weighted by Gasteiger charge is -2.14. The molecule has 0 aliphatic heterocycles. The highest BCUT2D eigenvalue weighted by atomic mass is 16.6. The SMILES string of the molecule is COc1cc(O)c(C=O)c2c1CC(C(=O)Nc1cc(C3CC[C@@H](OC(=O)NC(C)C)C3)[nH]n1)C2. The molecule has 10 heteroatoms. The molecular weight excluding hydrogens is 440 g/mol. The van der Waals surface area contributed by atoms with E-state index in [1.54, 1.807) is 0 Å². The van der Waals surface area contributed by atoms with E-state index in [0.717, 1.165) is 24.1 Å². The number of anilines is 1. The fourth-order valence-corrected chi connectivity index (χ4v) is 4.86. The van der Waals surface area contributed by atoms with Crippen molar-refractivity contribution in [1.29, 1.82) is 0 Å². The Balaban J connectivity index is 1.36. The molecule has 1 heterocycles. The molecule has 2 amide bonds. The van der Waals surface area contributed by atoms with Crippen molar-refractivity contribution in [3.05, 3.63) is 34.5 Å². The maximum absolute atomic E-state index is 12.9. The van der Waals surface area contributed by atoms with E-state index >= 15 is 0 Å². The number of phenols is 1. The van der Waals surface area contributed by atoms with Gasteiger partial charge >= 0.3 is 6.09 Å². The van der Waals surface area contributed by atoms with E-state index in [2.05, 4.69) is 20.8 Å². The summed E-state index contributed by atoms with van der Waals surface area (Å²) >= 11 is 0. The van der Waals surface area contributed by atoms with Crippen molar-refractivity contribution < 1.29 is 29.0 Å². The maximum Gasteiger partial charge on any atom is 0.407 e. The van der Waals surface area contributed by atoms with Crippen LogP contribution in [0.25, 0.3) is 0 Å². The number of methoxy groups -OCH3 is 1. The highest BCUT2D eigenvalue weighted by Crippen LogP contribution is 2.40. The molecule has 0 spiro atoms. The quantitative estimate of drug-likeness (QED) is 0.456. The molecule has 1 aromatic heterocycles. The smallest absolute Gasteiger partial charge is 0.407 e. The molecule has 2 aliphatic carbocycles. The number of rotatable bonds is 7. The van der Waals surface area contributed by atoms with Crippen LogP contribution < -0.4 is 15.4 Å². The molecule has 2 aromatic rings. The molecule has 1 saturated carbocycles. The fraction of sp³-hybridized carbons (Fsp3) is 0.500. The van der Waals surface area contributed by atoms with Crippen LogP contribution in [0.4, 0.5) is 10.6 Å². The molecule has 4 N–H and O–H groups in total. The van der Waals surface area contributed by atoms with Gasteiger partial charge in [-0.25, -0.2) is 4.79 Å². The van der Waals surface area contributed by atoms with Gasteiger partial charge in [0, 0.05) is 35.7 Å². The lowest BCUT2D eigenvalue weighted by atomic mass is 10.0. The molecule has 10 nitrogen and oxygen atoms in total. The number of aromatic amines is 1. The minimum absolute atomic E-state index is 0.0212. The summed E-state index contributed by atoms with van der Waals surface area (Å²) in [7, 11) is 1.49. The number of benzene rings is 1. The van der Waals surface area contributed by atoms with E-state index in [1.165, 1.54) is 13.2 Å². The van der Waals surface area contributed by atoms with Crippen molar-refractivity contribution in [1.82, 2.24) is 15.5 Å². The minimum Gasteiger partial charge on any atom is -0.507 e. The number of nitrogens with zero attached hydrogens (tertiary/aromatic N) is 1. The van der Waals surface area contributed by atoms with Crippen LogP contribution in [0.2, 0.25) is 0 Å². The van der Waals surface area contributed by atoms with Gasteiger partial charge in [0.05, 0.1) is 12.7 Å². The summed E-state index contributed by atoms with van der Waals surface area (Å²) in [6.07, 6.45) is 3.10. The van der Waals surface area contributed by atoms with Crippen molar-refractivity contribution in [3.8, 4) is 11.5 Å². The molecule has 2 unspecified atom stereocenters. The fourth-order valence-electron chi connectivity index (χ4n) is 4.86. The third kappa shape index (κ3) is 4.85. The number of aromatic hydroxyl groups is 1.